The van der Waals surface area contributed by atoms with E-state index in [-0.39, 0.29) is 11.7 Å². The molecule has 140 valence electrons. The summed E-state index contributed by atoms with van der Waals surface area (Å²) >= 11 is 1.59. The molecule has 0 fully saturated rings. The van der Waals surface area contributed by atoms with Crippen LogP contribution in [0.3, 0.4) is 0 Å². The molecule has 0 unspecified atom stereocenters. The minimum atomic E-state index is -0.459. The van der Waals surface area contributed by atoms with Gasteiger partial charge in [0.1, 0.15) is 0 Å². The van der Waals surface area contributed by atoms with Crippen molar-refractivity contribution in [3.05, 3.63) is 53.6 Å². The van der Waals surface area contributed by atoms with Gasteiger partial charge in [-0.3, -0.25) is 14.6 Å². The van der Waals surface area contributed by atoms with Crippen LogP contribution in [0.4, 0.5) is 11.4 Å². The van der Waals surface area contributed by atoms with Crippen molar-refractivity contribution in [2.24, 2.45) is 10.4 Å². The Kier molecular flexibility index (Phi) is 5.51. The summed E-state index contributed by atoms with van der Waals surface area (Å²) in [7, 11) is 0. The second kappa shape index (κ2) is 7.69. The topological polar surface area (TPSA) is 58.5 Å². The van der Waals surface area contributed by atoms with E-state index in [0.29, 0.717) is 17.7 Å². The van der Waals surface area contributed by atoms with Gasteiger partial charge >= 0.3 is 0 Å². The summed E-state index contributed by atoms with van der Waals surface area (Å²) in [6.07, 6.45) is 0.347. The molecule has 3 rings (SSSR count). The zero-order valence-corrected chi connectivity index (χ0v) is 16.9. The Morgan fingerprint density at radius 3 is 2.63 bits per heavy atom. The van der Waals surface area contributed by atoms with Crippen LogP contribution in [0.5, 0.6) is 0 Å². The number of amides is 1. The highest BCUT2D eigenvalue weighted by Crippen LogP contribution is 2.33. The van der Waals surface area contributed by atoms with E-state index in [1.54, 1.807) is 11.8 Å². The molecule has 0 aliphatic carbocycles. The lowest BCUT2D eigenvalue weighted by atomic mass is 9.95. The first-order valence-corrected chi connectivity index (χ1v) is 9.97. The molecule has 1 amide bonds. The minimum absolute atomic E-state index is 0.0229. The maximum absolute atomic E-state index is 12.4. The van der Waals surface area contributed by atoms with Crippen LogP contribution in [0.25, 0.3) is 0 Å². The molecule has 0 spiro atoms. The maximum atomic E-state index is 12.4. The molecule has 0 bridgehead atoms. The number of hydrogen-bond donors (Lipinski definition) is 1. The fraction of sp³-hybridized carbons (Fsp3) is 0.318. The number of nitrogens with one attached hydrogen (secondary N) is 1. The van der Waals surface area contributed by atoms with E-state index in [1.165, 1.54) is 0 Å². The molecule has 4 nitrogen and oxygen atoms in total. The van der Waals surface area contributed by atoms with Gasteiger partial charge < -0.3 is 5.32 Å². The third kappa shape index (κ3) is 4.48. The monoisotopic (exact) mass is 380 g/mol. The van der Waals surface area contributed by atoms with Crippen LogP contribution in [-0.4, -0.2) is 23.2 Å². The SMILES string of the molecule is Cc1cccc2c1N=C(CSc1ccccc1NC(=O)C(C)(C)C)CC2=O. The van der Waals surface area contributed by atoms with Crippen LogP contribution >= 0.6 is 11.8 Å². The molecule has 1 N–H and O–H groups in total. The fourth-order valence-corrected chi connectivity index (χ4v) is 3.70. The van der Waals surface area contributed by atoms with Crippen molar-refractivity contribution in [2.45, 2.75) is 39.0 Å². The van der Waals surface area contributed by atoms with E-state index in [0.717, 1.165) is 27.5 Å². The third-order valence-electron chi connectivity index (χ3n) is 4.38. The van der Waals surface area contributed by atoms with Crippen molar-refractivity contribution in [2.75, 3.05) is 11.1 Å². The summed E-state index contributed by atoms with van der Waals surface area (Å²) in [5, 5.41) is 3.01. The van der Waals surface area contributed by atoms with Crippen molar-refractivity contribution < 1.29 is 9.59 Å². The number of benzene rings is 2. The number of nitrogens with zero attached hydrogens (tertiary/aromatic N) is 1. The molecule has 2 aromatic carbocycles. The Bertz CT molecular complexity index is 926. The number of Topliss-reactive ketones (excluding diaryl/α,β-unsaturated/α-hetero) is 1. The van der Waals surface area contributed by atoms with Crippen molar-refractivity contribution in [1.82, 2.24) is 0 Å². The summed E-state index contributed by atoms with van der Waals surface area (Å²) in [6, 6.07) is 13.5. The van der Waals surface area contributed by atoms with Crippen LogP contribution in [0.15, 0.2) is 52.4 Å². The van der Waals surface area contributed by atoms with E-state index < -0.39 is 5.41 Å². The highest BCUT2D eigenvalue weighted by molar-refractivity contribution is 8.00. The van der Waals surface area contributed by atoms with Gasteiger partial charge in [-0.25, -0.2) is 0 Å². The molecule has 1 aliphatic heterocycles. The number of aryl methyl sites for hydroxylation is 1. The van der Waals surface area contributed by atoms with Crippen LogP contribution in [-0.2, 0) is 4.79 Å². The van der Waals surface area contributed by atoms with Gasteiger partial charge in [-0.2, -0.15) is 0 Å². The number of fused-ring (bicyclic) bond motifs is 1. The Hall–Kier alpha value is -2.40. The van der Waals surface area contributed by atoms with Gasteiger partial charge in [0.05, 0.1) is 17.8 Å². The molecule has 1 heterocycles. The first kappa shape index (κ1) is 19.4. The summed E-state index contributed by atoms with van der Waals surface area (Å²) < 4.78 is 0. The van der Waals surface area contributed by atoms with Gasteiger partial charge in [-0.05, 0) is 30.7 Å². The van der Waals surface area contributed by atoms with Crippen molar-refractivity contribution in [1.29, 1.82) is 0 Å². The lowest BCUT2D eigenvalue weighted by Gasteiger charge is -2.20. The number of anilines is 1. The van der Waals surface area contributed by atoms with Crippen LogP contribution in [0.1, 0.15) is 43.1 Å². The fourth-order valence-electron chi connectivity index (χ4n) is 2.76. The molecule has 27 heavy (non-hydrogen) atoms. The lowest BCUT2D eigenvalue weighted by Crippen LogP contribution is -2.27. The average Bonchev–Trinajstić information content (AvgIpc) is 2.61. The lowest BCUT2D eigenvalue weighted by molar-refractivity contribution is -0.123. The Morgan fingerprint density at radius 2 is 1.89 bits per heavy atom. The molecule has 1 aliphatic rings. The van der Waals surface area contributed by atoms with Crippen molar-refractivity contribution in [3.8, 4) is 0 Å². The predicted molar refractivity (Wildman–Crippen MR) is 112 cm³/mol. The minimum Gasteiger partial charge on any atom is -0.325 e. The number of ketones is 1. The average molecular weight is 381 g/mol. The standard InChI is InChI=1S/C22H24N2O2S/c1-14-8-7-9-16-18(25)12-15(23-20(14)16)13-27-19-11-6-5-10-17(19)24-21(26)22(2,3)4/h5-11H,12-13H2,1-4H3,(H,24,26). The van der Waals surface area contributed by atoms with Crippen LogP contribution in [0.2, 0.25) is 0 Å². The molecule has 5 heteroatoms. The molecular weight excluding hydrogens is 356 g/mol. The number of para-hydroxylation sites is 2. The summed E-state index contributed by atoms with van der Waals surface area (Å²) in [4.78, 5) is 30.5. The number of aliphatic imine (C=N–C) groups is 1. The molecule has 2 aromatic rings. The maximum Gasteiger partial charge on any atom is 0.229 e. The van der Waals surface area contributed by atoms with Gasteiger partial charge in [0.15, 0.2) is 5.78 Å². The second-order valence-corrected chi connectivity index (χ2v) is 8.76. The zero-order chi connectivity index (χ0) is 19.6. The molecule has 0 radical (unpaired) electrons. The summed E-state index contributed by atoms with van der Waals surface area (Å²) in [5.41, 5.74) is 3.71. The Labute approximate surface area is 164 Å². The first-order valence-electron chi connectivity index (χ1n) is 8.98. The number of carbonyl (C=O) groups excluding carboxylic acids is 2. The molecule has 0 saturated carbocycles. The van der Waals surface area contributed by atoms with E-state index in [4.69, 9.17) is 4.99 Å². The van der Waals surface area contributed by atoms with Crippen molar-refractivity contribution >= 4 is 40.5 Å². The normalized spacial score (nSPS) is 13.8. The van der Waals surface area contributed by atoms with E-state index in [9.17, 15) is 9.59 Å². The van der Waals surface area contributed by atoms with E-state index >= 15 is 0 Å². The number of rotatable bonds is 4. The van der Waals surface area contributed by atoms with Gasteiger partial charge in [-0.15, -0.1) is 11.8 Å². The molecule has 0 saturated heterocycles. The number of carbonyl (C=O) groups is 2. The largest absolute Gasteiger partial charge is 0.325 e. The predicted octanol–water partition coefficient (Wildman–Crippen LogP) is 5.43. The van der Waals surface area contributed by atoms with E-state index in [2.05, 4.69) is 5.32 Å². The zero-order valence-electron chi connectivity index (χ0n) is 16.1. The first-order chi connectivity index (χ1) is 12.8. The number of thioether (sulfide) groups is 1. The van der Waals surface area contributed by atoms with Crippen LogP contribution < -0.4 is 5.32 Å². The van der Waals surface area contributed by atoms with Gasteiger partial charge in [-0.1, -0.05) is 45.0 Å². The molecule has 0 aromatic heterocycles. The van der Waals surface area contributed by atoms with Gasteiger partial charge in [0.25, 0.3) is 0 Å². The smallest absolute Gasteiger partial charge is 0.229 e. The second-order valence-electron chi connectivity index (χ2n) is 7.74. The molecular formula is C22H24N2O2S. The van der Waals surface area contributed by atoms with Crippen molar-refractivity contribution in [3.63, 3.8) is 0 Å². The van der Waals surface area contributed by atoms with Crippen LogP contribution in [0, 0.1) is 12.3 Å². The van der Waals surface area contributed by atoms with E-state index in [1.807, 2.05) is 70.2 Å². The quantitative estimate of drug-likeness (QED) is 0.720. The molecule has 0 atom stereocenters. The number of hydrogen-bond acceptors (Lipinski definition) is 4. The van der Waals surface area contributed by atoms with Gasteiger partial charge in [0, 0.05) is 27.3 Å². The highest BCUT2D eigenvalue weighted by Gasteiger charge is 2.23. The Balaban J connectivity index is 1.77. The third-order valence-corrected chi connectivity index (χ3v) is 5.53. The Morgan fingerprint density at radius 1 is 1.15 bits per heavy atom. The summed E-state index contributed by atoms with van der Waals surface area (Å²) in [6.45, 7) is 7.64. The highest BCUT2D eigenvalue weighted by atomic mass is 32.2. The summed E-state index contributed by atoms with van der Waals surface area (Å²) in [5.74, 6) is 0.709. The van der Waals surface area contributed by atoms with Gasteiger partial charge in [0.2, 0.25) is 5.91 Å².